The van der Waals surface area contributed by atoms with Crippen LogP contribution in [0, 0.1) is 6.92 Å². The van der Waals surface area contributed by atoms with Crippen LogP contribution in [-0.4, -0.2) is 34.3 Å². The van der Waals surface area contributed by atoms with Crippen molar-refractivity contribution in [2.75, 3.05) is 6.54 Å². The molecule has 1 N–H and O–H groups in total. The van der Waals surface area contributed by atoms with Crippen LogP contribution in [0.5, 0.6) is 0 Å². The number of carboxylic acids is 1. The van der Waals surface area contributed by atoms with Crippen LogP contribution in [0.15, 0.2) is 24.3 Å². The molecule has 0 radical (unpaired) electrons. The molecule has 4 nitrogen and oxygen atoms in total. The molecule has 0 aliphatic heterocycles. The van der Waals surface area contributed by atoms with Crippen molar-refractivity contribution in [3.63, 3.8) is 0 Å². The Morgan fingerprint density at radius 3 is 2.32 bits per heavy atom. The lowest BCUT2D eigenvalue weighted by molar-refractivity contribution is -0.138. The molecule has 1 rings (SSSR count). The minimum atomic E-state index is -0.843. The maximum atomic E-state index is 11.5. The molecule has 0 aliphatic carbocycles. The van der Waals surface area contributed by atoms with Gasteiger partial charge in [0.25, 0.3) is 0 Å². The van der Waals surface area contributed by atoms with Crippen molar-refractivity contribution in [2.24, 2.45) is 0 Å². The number of hydrogen-bond donors (Lipinski definition) is 1. The zero-order chi connectivity index (χ0) is 14.4. The number of aryl methyl sites for hydroxylation is 1. The zero-order valence-corrected chi connectivity index (χ0v) is 11.7. The summed E-state index contributed by atoms with van der Waals surface area (Å²) in [5, 5.41) is 8.77. The van der Waals surface area contributed by atoms with Crippen molar-refractivity contribution in [1.82, 2.24) is 4.90 Å². The van der Waals surface area contributed by atoms with Gasteiger partial charge in [0, 0.05) is 13.1 Å². The fraction of sp³-hybridized carbons (Fsp3) is 0.467. The van der Waals surface area contributed by atoms with E-state index in [1.54, 1.807) is 0 Å². The number of Topliss-reactive ketones (excluding diaryl/α,β-unsaturated/α-hetero) is 1. The second kappa shape index (κ2) is 7.04. The molecule has 4 heteroatoms. The maximum Gasteiger partial charge on any atom is 0.304 e. The lowest BCUT2D eigenvalue weighted by Crippen LogP contribution is -2.38. The number of hydrogen-bond acceptors (Lipinski definition) is 3. The Hall–Kier alpha value is -1.68. The third-order valence-electron chi connectivity index (χ3n) is 3.26. The van der Waals surface area contributed by atoms with E-state index in [1.165, 1.54) is 12.5 Å². The van der Waals surface area contributed by atoms with Gasteiger partial charge in [0.2, 0.25) is 0 Å². The number of nitrogens with zero attached hydrogens (tertiary/aromatic N) is 1. The van der Waals surface area contributed by atoms with Crippen LogP contribution in [0.25, 0.3) is 0 Å². The largest absolute Gasteiger partial charge is 0.481 e. The van der Waals surface area contributed by atoms with Crippen molar-refractivity contribution in [3.8, 4) is 0 Å². The molecule has 1 unspecified atom stereocenters. The summed E-state index contributed by atoms with van der Waals surface area (Å²) in [5.74, 6) is -0.790. The lowest BCUT2D eigenvalue weighted by Gasteiger charge is -2.26. The second-order valence-corrected chi connectivity index (χ2v) is 4.89. The number of ketones is 1. The Bertz CT molecular complexity index is 439. The standard InChI is InChI=1S/C15H21NO3/c1-11-4-6-14(7-5-11)10-16(9-8-15(18)19)12(2)13(3)17/h4-7,12H,8-10H2,1-3H3,(H,18,19). The van der Waals surface area contributed by atoms with E-state index in [4.69, 9.17) is 5.11 Å². The molecule has 0 aliphatic rings. The van der Waals surface area contributed by atoms with Gasteiger partial charge in [0.1, 0.15) is 5.78 Å². The molecule has 1 aromatic rings. The first kappa shape index (κ1) is 15.4. The molecular weight excluding hydrogens is 242 g/mol. The Kier molecular flexibility index (Phi) is 5.70. The smallest absolute Gasteiger partial charge is 0.304 e. The minimum Gasteiger partial charge on any atom is -0.481 e. The molecular formula is C15H21NO3. The summed E-state index contributed by atoms with van der Waals surface area (Å²) in [6.45, 7) is 6.34. The minimum absolute atomic E-state index is 0.0451. The molecule has 0 heterocycles. The summed E-state index contributed by atoms with van der Waals surface area (Å²) in [4.78, 5) is 24.1. The Morgan fingerprint density at radius 2 is 1.84 bits per heavy atom. The van der Waals surface area contributed by atoms with E-state index >= 15 is 0 Å². The average Bonchev–Trinajstić information content (AvgIpc) is 2.35. The molecule has 104 valence electrons. The van der Waals surface area contributed by atoms with Gasteiger partial charge < -0.3 is 5.11 Å². The van der Waals surface area contributed by atoms with Gasteiger partial charge in [0.05, 0.1) is 12.5 Å². The number of carbonyl (C=O) groups excluding carboxylic acids is 1. The van der Waals surface area contributed by atoms with Crippen LogP contribution in [0.3, 0.4) is 0 Å². The number of carboxylic acid groups (broad SMARTS) is 1. The maximum absolute atomic E-state index is 11.5. The van der Waals surface area contributed by atoms with Gasteiger partial charge in [-0.25, -0.2) is 0 Å². The van der Waals surface area contributed by atoms with Crippen LogP contribution in [0.4, 0.5) is 0 Å². The van der Waals surface area contributed by atoms with Gasteiger partial charge in [-0.2, -0.15) is 0 Å². The highest BCUT2D eigenvalue weighted by molar-refractivity contribution is 5.81. The van der Waals surface area contributed by atoms with Crippen molar-refractivity contribution in [2.45, 2.75) is 39.8 Å². The first-order chi connectivity index (χ1) is 8.90. The molecule has 1 atom stereocenters. The number of benzene rings is 1. The van der Waals surface area contributed by atoms with Crippen LogP contribution in [0.2, 0.25) is 0 Å². The third kappa shape index (κ3) is 5.22. The summed E-state index contributed by atoms with van der Waals surface area (Å²) in [6.07, 6.45) is 0.0451. The van der Waals surface area contributed by atoms with E-state index in [1.807, 2.05) is 43.0 Å². The Balaban J connectivity index is 2.75. The molecule has 1 aromatic carbocycles. The van der Waals surface area contributed by atoms with Crippen LogP contribution in [0.1, 0.15) is 31.4 Å². The van der Waals surface area contributed by atoms with E-state index in [0.717, 1.165) is 5.56 Å². The normalized spacial score (nSPS) is 12.4. The van der Waals surface area contributed by atoms with Gasteiger partial charge in [-0.05, 0) is 26.3 Å². The summed E-state index contributed by atoms with van der Waals surface area (Å²) < 4.78 is 0. The molecule has 0 amide bonds. The Labute approximate surface area is 114 Å². The predicted octanol–water partition coefficient (Wildman–Crippen LogP) is 2.25. The van der Waals surface area contributed by atoms with E-state index in [0.29, 0.717) is 13.1 Å². The monoisotopic (exact) mass is 263 g/mol. The fourth-order valence-electron chi connectivity index (χ4n) is 1.83. The highest BCUT2D eigenvalue weighted by Crippen LogP contribution is 2.11. The van der Waals surface area contributed by atoms with Crippen LogP contribution >= 0.6 is 0 Å². The first-order valence-corrected chi connectivity index (χ1v) is 6.42. The van der Waals surface area contributed by atoms with E-state index in [9.17, 15) is 9.59 Å². The summed E-state index contributed by atoms with van der Waals surface area (Å²) in [6, 6.07) is 7.79. The number of carbonyl (C=O) groups is 2. The lowest BCUT2D eigenvalue weighted by atomic mass is 10.1. The zero-order valence-electron chi connectivity index (χ0n) is 11.7. The quantitative estimate of drug-likeness (QED) is 0.819. The molecule has 0 saturated carbocycles. The van der Waals surface area contributed by atoms with E-state index in [-0.39, 0.29) is 18.2 Å². The van der Waals surface area contributed by atoms with E-state index < -0.39 is 5.97 Å². The highest BCUT2D eigenvalue weighted by atomic mass is 16.4. The SMILES string of the molecule is CC(=O)C(C)N(CCC(=O)O)Cc1ccc(C)cc1. The van der Waals surface area contributed by atoms with E-state index in [2.05, 4.69) is 0 Å². The molecule has 0 bridgehead atoms. The molecule has 0 aromatic heterocycles. The number of rotatable bonds is 7. The van der Waals surface area contributed by atoms with Crippen molar-refractivity contribution in [1.29, 1.82) is 0 Å². The second-order valence-electron chi connectivity index (χ2n) is 4.89. The molecule has 0 fully saturated rings. The average molecular weight is 263 g/mol. The first-order valence-electron chi connectivity index (χ1n) is 6.42. The highest BCUT2D eigenvalue weighted by Gasteiger charge is 2.18. The molecule has 0 saturated heterocycles. The Morgan fingerprint density at radius 1 is 1.26 bits per heavy atom. The van der Waals surface area contributed by atoms with Gasteiger partial charge >= 0.3 is 5.97 Å². The van der Waals surface area contributed by atoms with Gasteiger partial charge in [0.15, 0.2) is 0 Å². The topological polar surface area (TPSA) is 57.6 Å². The summed E-state index contributed by atoms with van der Waals surface area (Å²) >= 11 is 0. The van der Waals surface area contributed by atoms with Crippen LogP contribution < -0.4 is 0 Å². The van der Waals surface area contributed by atoms with Crippen molar-refractivity contribution >= 4 is 11.8 Å². The number of aliphatic carboxylic acids is 1. The van der Waals surface area contributed by atoms with Crippen molar-refractivity contribution < 1.29 is 14.7 Å². The summed E-state index contributed by atoms with van der Waals surface area (Å²) in [7, 11) is 0. The third-order valence-corrected chi connectivity index (χ3v) is 3.26. The summed E-state index contributed by atoms with van der Waals surface area (Å²) in [5.41, 5.74) is 2.27. The van der Waals surface area contributed by atoms with Gasteiger partial charge in [-0.15, -0.1) is 0 Å². The fourth-order valence-corrected chi connectivity index (χ4v) is 1.83. The van der Waals surface area contributed by atoms with Gasteiger partial charge in [-0.3, -0.25) is 14.5 Å². The molecule has 0 spiro atoms. The predicted molar refractivity (Wildman–Crippen MR) is 74.0 cm³/mol. The van der Waals surface area contributed by atoms with Crippen LogP contribution in [-0.2, 0) is 16.1 Å². The van der Waals surface area contributed by atoms with Crippen molar-refractivity contribution in [3.05, 3.63) is 35.4 Å². The molecule has 19 heavy (non-hydrogen) atoms. The van der Waals surface area contributed by atoms with Gasteiger partial charge in [-0.1, -0.05) is 29.8 Å².